The van der Waals surface area contributed by atoms with Crippen LogP contribution in [0.3, 0.4) is 0 Å². The molecule has 0 radical (unpaired) electrons. The van der Waals surface area contributed by atoms with Gasteiger partial charge in [0.25, 0.3) is 5.91 Å². The standard InChI is InChI=1S/C25H26N8OS/c1-16(28-19-12-8-7-11-18(19)24-31-32-25(35-24)22(26)34)20-15-21(27-13-14-33(2)3)30-23(29-20)17-9-5-4-6-10-17/h4-12,15,28H,1,13-14H2,2-3H3,(H2,26,34)(H,27,29,30). The minimum absolute atomic E-state index is 0.158. The van der Waals surface area contributed by atoms with Crippen molar-refractivity contribution in [2.75, 3.05) is 37.8 Å². The van der Waals surface area contributed by atoms with Gasteiger partial charge < -0.3 is 21.3 Å². The second-order valence-corrected chi connectivity index (χ2v) is 8.96. The SMILES string of the molecule is C=C(Nc1ccccc1-c1nnc(C(N)=O)s1)c1cc(NCCN(C)C)nc(-c2ccccc2)n1. The Kier molecular flexibility index (Phi) is 7.44. The second kappa shape index (κ2) is 10.9. The number of anilines is 2. The van der Waals surface area contributed by atoms with Crippen molar-refractivity contribution in [1.29, 1.82) is 0 Å². The second-order valence-electron chi connectivity index (χ2n) is 7.98. The molecule has 9 nitrogen and oxygen atoms in total. The Hall–Kier alpha value is -4.15. The summed E-state index contributed by atoms with van der Waals surface area (Å²) in [4.78, 5) is 23.0. The molecule has 4 aromatic rings. The van der Waals surface area contributed by atoms with E-state index in [1.54, 1.807) is 0 Å². The Morgan fingerprint density at radius 1 is 1.06 bits per heavy atom. The summed E-state index contributed by atoms with van der Waals surface area (Å²) in [5.41, 5.74) is 9.03. The number of nitrogens with one attached hydrogen (secondary N) is 2. The number of benzene rings is 2. The van der Waals surface area contributed by atoms with Crippen LogP contribution >= 0.6 is 11.3 Å². The molecule has 0 bridgehead atoms. The quantitative estimate of drug-likeness (QED) is 0.309. The lowest BCUT2D eigenvalue weighted by atomic mass is 10.1. The number of nitrogens with zero attached hydrogens (tertiary/aromatic N) is 5. The lowest BCUT2D eigenvalue weighted by Crippen LogP contribution is -2.21. The molecule has 35 heavy (non-hydrogen) atoms. The number of amides is 1. The summed E-state index contributed by atoms with van der Waals surface area (Å²) in [5, 5.41) is 15.5. The van der Waals surface area contributed by atoms with Gasteiger partial charge in [0, 0.05) is 36.0 Å². The van der Waals surface area contributed by atoms with Crippen molar-refractivity contribution in [2.45, 2.75) is 0 Å². The molecule has 4 rings (SSSR count). The molecule has 2 aromatic carbocycles. The molecular weight excluding hydrogens is 460 g/mol. The van der Waals surface area contributed by atoms with Gasteiger partial charge in [0.05, 0.1) is 11.4 Å². The molecule has 0 aliphatic rings. The van der Waals surface area contributed by atoms with Gasteiger partial charge in [0.15, 0.2) is 5.82 Å². The summed E-state index contributed by atoms with van der Waals surface area (Å²) >= 11 is 1.14. The minimum Gasteiger partial charge on any atom is -0.369 e. The van der Waals surface area contributed by atoms with Crippen molar-refractivity contribution in [2.24, 2.45) is 5.73 Å². The molecule has 1 amide bonds. The zero-order valence-corrected chi connectivity index (χ0v) is 20.3. The van der Waals surface area contributed by atoms with Crippen LogP contribution in [0.5, 0.6) is 0 Å². The normalized spacial score (nSPS) is 10.8. The molecule has 0 atom stereocenters. The maximum Gasteiger partial charge on any atom is 0.279 e. The van der Waals surface area contributed by atoms with Gasteiger partial charge in [-0.25, -0.2) is 9.97 Å². The summed E-state index contributed by atoms with van der Waals surface area (Å²) in [7, 11) is 4.05. The number of carbonyl (C=O) groups excluding carboxylic acids is 1. The summed E-state index contributed by atoms with van der Waals surface area (Å²) in [6, 6.07) is 19.3. The van der Waals surface area contributed by atoms with E-state index in [9.17, 15) is 4.79 Å². The molecule has 0 aliphatic heterocycles. The van der Waals surface area contributed by atoms with Crippen LogP contribution in [0.25, 0.3) is 27.7 Å². The van der Waals surface area contributed by atoms with E-state index in [0.29, 0.717) is 28.0 Å². The number of carbonyl (C=O) groups is 1. The zero-order chi connectivity index (χ0) is 24.8. The lowest BCUT2D eigenvalue weighted by molar-refractivity contribution is 0.0999. The highest BCUT2D eigenvalue weighted by Crippen LogP contribution is 2.32. The van der Waals surface area contributed by atoms with Crippen molar-refractivity contribution < 1.29 is 4.79 Å². The van der Waals surface area contributed by atoms with Crippen LogP contribution in [-0.4, -0.2) is 58.2 Å². The molecule has 2 heterocycles. The third-order valence-corrected chi connectivity index (χ3v) is 5.98. The van der Waals surface area contributed by atoms with Gasteiger partial charge >= 0.3 is 0 Å². The van der Waals surface area contributed by atoms with Crippen LogP contribution in [0, 0.1) is 0 Å². The average Bonchev–Trinajstić information content (AvgIpc) is 3.35. The number of likely N-dealkylation sites (N-methyl/N-ethyl adjacent to an activating group) is 1. The smallest absolute Gasteiger partial charge is 0.279 e. The van der Waals surface area contributed by atoms with E-state index in [-0.39, 0.29) is 5.01 Å². The molecular formula is C25H26N8OS. The highest BCUT2D eigenvalue weighted by molar-refractivity contribution is 7.16. The molecule has 0 unspecified atom stereocenters. The molecule has 0 saturated carbocycles. The summed E-state index contributed by atoms with van der Waals surface area (Å²) in [5.74, 6) is 0.705. The first-order valence-electron chi connectivity index (χ1n) is 10.9. The summed E-state index contributed by atoms with van der Waals surface area (Å²) in [6.07, 6.45) is 0. The maximum absolute atomic E-state index is 11.5. The number of nitrogens with two attached hydrogens (primary N) is 1. The van der Waals surface area contributed by atoms with Crippen molar-refractivity contribution in [1.82, 2.24) is 25.1 Å². The monoisotopic (exact) mass is 486 g/mol. The minimum atomic E-state index is -0.604. The van der Waals surface area contributed by atoms with E-state index >= 15 is 0 Å². The lowest BCUT2D eigenvalue weighted by Gasteiger charge is -2.15. The number of aromatic nitrogens is 4. The number of para-hydroxylation sites is 1. The van der Waals surface area contributed by atoms with Crippen LogP contribution < -0.4 is 16.4 Å². The summed E-state index contributed by atoms with van der Waals surface area (Å²) < 4.78 is 0. The first kappa shape index (κ1) is 24.0. The van der Waals surface area contributed by atoms with E-state index in [0.717, 1.165) is 41.2 Å². The third-order valence-electron chi connectivity index (χ3n) is 5.01. The highest BCUT2D eigenvalue weighted by atomic mass is 32.1. The predicted octanol–water partition coefficient (Wildman–Crippen LogP) is 3.82. The van der Waals surface area contributed by atoms with Gasteiger partial charge in [-0.1, -0.05) is 60.4 Å². The summed E-state index contributed by atoms with van der Waals surface area (Å²) in [6.45, 7) is 5.83. The maximum atomic E-state index is 11.5. The van der Waals surface area contributed by atoms with Crippen molar-refractivity contribution in [3.05, 3.63) is 77.9 Å². The topological polar surface area (TPSA) is 122 Å². The van der Waals surface area contributed by atoms with Gasteiger partial charge in [0.2, 0.25) is 5.01 Å². The fraction of sp³-hybridized carbons (Fsp3) is 0.160. The number of primary amides is 1. The molecule has 2 aromatic heterocycles. The van der Waals surface area contributed by atoms with Gasteiger partial charge in [0.1, 0.15) is 10.8 Å². The van der Waals surface area contributed by atoms with E-state index in [2.05, 4.69) is 32.3 Å². The van der Waals surface area contributed by atoms with E-state index < -0.39 is 5.91 Å². The molecule has 178 valence electrons. The van der Waals surface area contributed by atoms with Crippen molar-refractivity contribution >= 4 is 34.4 Å². The van der Waals surface area contributed by atoms with Gasteiger partial charge in [-0.05, 0) is 26.2 Å². The fourth-order valence-corrected chi connectivity index (χ4v) is 3.99. The van der Waals surface area contributed by atoms with Crippen LogP contribution in [0.2, 0.25) is 0 Å². The third kappa shape index (κ3) is 6.05. The van der Waals surface area contributed by atoms with Gasteiger partial charge in [-0.3, -0.25) is 4.79 Å². The highest BCUT2D eigenvalue weighted by Gasteiger charge is 2.15. The Balaban J connectivity index is 1.64. The van der Waals surface area contributed by atoms with Crippen LogP contribution in [0.1, 0.15) is 15.5 Å². The molecule has 0 spiro atoms. The number of rotatable bonds is 10. The molecule has 0 fully saturated rings. The first-order chi connectivity index (χ1) is 16.9. The predicted molar refractivity (Wildman–Crippen MR) is 141 cm³/mol. The van der Waals surface area contributed by atoms with Crippen LogP contribution in [0.15, 0.2) is 67.2 Å². The molecule has 4 N–H and O–H groups in total. The van der Waals surface area contributed by atoms with Crippen molar-refractivity contribution in [3.63, 3.8) is 0 Å². The van der Waals surface area contributed by atoms with Crippen LogP contribution in [0.4, 0.5) is 11.5 Å². The van der Waals surface area contributed by atoms with Crippen molar-refractivity contribution in [3.8, 4) is 22.0 Å². The Labute approximate surface area is 207 Å². The van der Waals surface area contributed by atoms with E-state index in [1.807, 2.05) is 74.8 Å². The van der Waals surface area contributed by atoms with Gasteiger partial charge in [-0.2, -0.15) is 0 Å². The molecule has 0 aliphatic carbocycles. The van der Waals surface area contributed by atoms with Gasteiger partial charge in [-0.15, -0.1) is 10.2 Å². The number of hydrogen-bond acceptors (Lipinski definition) is 9. The Bertz CT molecular complexity index is 1340. The zero-order valence-electron chi connectivity index (χ0n) is 19.5. The average molecular weight is 487 g/mol. The first-order valence-corrected chi connectivity index (χ1v) is 11.7. The van der Waals surface area contributed by atoms with E-state index in [4.69, 9.17) is 15.7 Å². The van der Waals surface area contributed by atoms with Crippen LogP contribution in [-0.2, 0) is 0 Å². The molecule has 0 saturated heterocycles. The Morgan fingerprint density at radius 2 is 1.80 bits per heavy atom. The fourth-order valence-electron chi connectivity index (χ4n) is 3.25. The largest absolute Gasteiger partial charge is 0.369 e. The molecule has 10 heteroatoms. The van der Waals surface area contributed by atoms with E-state index in [1.165, 1.54) is 0 Å². The Morgan fingerprint density at radius 3 is 2.51 bits per heavy atom. The number of hydrogen-bond donors (Lipinski definition) is 3.